The van der Waals surface area contributed by atoms with Crippen LogP contribution in [-0.4, -0.2) is 26.1 Å². The van der Waals surface area contributed by atoms with Crippen LogP contribution >= 0.6 is 0 Å². The van der Waals surface area contributed by atoms with Gasteiger partial charge in [-0.15, -0.1) is 0 Å². The van der Waals surface area contributed by atoms with Gasteiger partial charge in [0.25, 0.3) is 5.69 Å². The van der Waals surface area contributed by atoms with Gasteiger partial charge in [-0.3, -0.25) is 20.2 Å². The zero-order valence-corrected chi connectivity index (χ0v) is 12.9. The van der Waals surface area contributed by atoms with Crippen LogP contribution in [0.25, 0.3) is 10.8 Å². The predicted octanol–water partition coefficient (Wildman–Crippen LogP) is 3.22. The topological polar surface area (TPSA) is 96.7 Å². The minimum absolute atomic E-state index is 0.0641. The lowest BCUT2D eigenvalue weighted by molar-refractivity contribution is -0.383. The fourth-order valence-corrected chi connectivity index (χ4v) is 2.67. The Kier molecular flexibility index (Phi) is 3.92. The van der Waals surface area contributed by atoms with Crippen LogP contribution in [0, 0.1) is 17.0 Å². The molecule has 118 valence electrons. The van der Waals surface area contributed by atoms with Gasteiger partial charge in [0, 0.05) is 47.7 Å². The van der Waals surface area contributed by atoms with Crippen molar-refractivity contribution in [3.8, 4) is 0 Å². The summed E-state index contributed by atoms with van der Waals surface area (Å²) in [4.78, 5) is 14.8. The number of aryl methyl sites for hydroxylation is 1. The van der Waals surface area contributed by atoms with E-state index in [1.807, 2.05) is 13.0 Å². The number of nitrogens with zero attached hydrogens (tertiary/aromatic N) is 3. The first-order valence-corrected chi connectivity index (χ1v) is 7.33. The molecule has 1 aromatic carbocycles. The van der Waals surface area contributed by atoms with E-state index in [9.17, 15) is 10.1 Å². The monoisotopic (exact) mass is 311 g/mol. The number of anilines is 1. The van der Waals surface area contributed by atoms with Crippen LogP contribution in [0.2, 0.25) is 0 Å². The number of fused-ring (bicyclic) bond motifs is 1. The van der Waals surface area contributed by atoms with Crippen molar-refractivity contribution in [2.45, 2.75) is 26.3 Å². The Morgan fingerprint density at radius 1 is 1.35 bits per heavy atom. The molecule has 3 rings (SSSR count). The zero-order chi connectivity index (χ0) is 16.4. The molecular formula is C16H17N5O2. The molecule has 2 heterocycles. The maximum absolute atomic E-state index is 11.1. The van der Waals surface area contributed by atoms with Crippen LogP contribution < -0.4 is 5.32 Å². The molecule has 0 radical (unpaired) electrons. The van der Waals surface area contributed by atoms with Crippen LogP contribution in [0.15, 0.2) is 36.7 Å². The lowest BCUT2D eigenvalue weighted by Crippen LogP contribution is -2.18. The van der Waals surface area contributed by atoms with Gasteiger partial charge in [0.2, 0.25) is 0 Å². The maximum Gasteiger partial charge on any atom is 0.278 e. The van der Waals surface area contributed by atoms with Crippen molar-refractivity contribution in [2.75, 3.05) is 5.32 Å². The van der Waals surface area contributed by atoms with Crippen molar-refractivity contribution in [3.05, 3.63) is 58.2 Å². The summed E-state index contributed by atoms with van der Waals surface area (Å²) >= 11 is 0. The van der Waals surface area contributed by atoms with E-state index in [4.69, 9.17) is 0 Å². The molecule has 23 heavy (non-hydrogen) atoms. The lowest BCUT2D eigenvalue weighted by Gasteiger charge is -2.16. The average molecular weight is 311 g/mol. The molecule has 7 heteroatoms. The molecule has 0 saturated heterocycles. The molecule has 7 nitrogen and oxygen atoms in total. The molecule has 1 unspecified atom stereocenters. The summed E-state index contributed by atoms with van der Waals surface area (Å²) in [7, 11) is 0. The number of hydrogen-bond acceptors (Lipinski definition) is 5. The summed E-state index contributed by atoms with van der Waals surface area (Å²) in [6.45, 7) is 4.02. The quantitative estimate of drug-likeness (QED) is 0.557. The van der Waals surface area contributed by atoms with Crippen molar-refractivity contribution >= 4 is 22.1 Å². The van der Waals surface area contributed by atoms with E-state index >= 15 is 0 Å². The van der Waals surface area contributed by atoms with Crippen molar-refractivity contribution in [2.24, 2.45) is 0 Å². The number of nitro groups is 1. The summed E-state index contributed by atoms with van der Waals surface area (Å²) in [5.74, 6) is 0. The average Bonchev–Trinajstić information content (AvgIpc) is 2.92. The number of aromatic amines is 1. The van der Waals surface area contributed by atoms with Gasteiger partial charge in [-0.05, 0) is 32.0 Å². The van der Waals surface area contributed by atoms with E-state index in [2.05, 4.69) is 27.4 Å². The van der Waals surface area contributed by atoms with Gasteiger partial charge in [-0.1, -0.05) is 0 Å². The van der Waals surface area contributed by atoms with Crippen LogP contribution in [0.5, 0.6) is 0 Å². The molecule has 0 saturated carbocycles. The van der Waals surface area contributed by atoms with Crippen LogP contribution in [0.4, 0.5) is 11.4 Å². The van der Waals surface area contributed by atoms with E-state index in [1.165, 1.54) is 12.3 Å². The first-order chi connectivity index (χ1) is 11.0. The molecular weight excluding hydrogens is 294 g/mol. The normalized spacial score (nSPS) is 12.3. The highest BCUT2D eigenvalue weighted by molar-refractivity contribution is 5.99. The summed E-state index contributed by atoms with van der Waals surface area (Å²) < 4.78 is 0. The van der Waals surface area contributed by atoms with Gasteiger partial charge in [0.05, 0.1) is 16.0 Å². The third-order valence-corrected chi connectivity index (χ3v) is 3.67. The Labute approximate surface area is 132 Å². The van der Waals surface area contributed by atoms with Crippen LogP contribution in [0.1, 0.15) is 18.3 Å². The third kappa shape index (κ3) is 3.13. The Balaban J connectivity index is 1.88. The number of nitro benzene ring substituents is 1. The second kappa shape index (κ2) is 6.04. The number of H-pyrrole nitrogens is 1. The van der Waals surface area contributed by atoms with Crippen LogP contribution in [-0.2, 0) is 6.42 Å². The Hall–Kier alpha value is -2.96. The third-order valence-electron chi connectivity index (χ3n) is 3.67. The number of benzene rings is 1. The molecule has 0 bridgehead atoms. The summed E-state index contributed by atoms with van der Waals surface area (Å²) in [6, 6.07) is 7.19. The molecule has 0 aliphatic carbocycles. The minimum atomic E-state index is -0.385. The van der Waals surface area contributed by atoms with E-state index in [0.717, 1.165) is 28.9 Å². The minimum Gasteiger partial charge on any atom is -0.382 e. The van der Waals surface area contributed by atoms with Crippen molar-refractivity contribution < 1.29 is 4.92 Å². The van der Waals surface area contributed by atoms with Gasteiger partial charge < -0.3 is 5.32 Å². The predicted molar refractivity (Wildman–Crippen MR) is 88.5 cm³/mol. The standard InChI is InChI=1S/C16H17N5O2/c1-10(7-12-8-11(2)19-20-12)18-15-3-4-16(21(22)23)14-9-17-6-5-13(14)15/h3-6,8-10,18H,7H2,1-2H3,(H,19,20). The van der Waals surface area contributed by atoms with Crippen molar-refractivity contribution in [1.82, 2.24) is 15.2 Å². The first kappa shape index (κ1) is 15.0. The number of aromatic nitrogens is 3. The molecule has 0 aliphatic heterocycles. The Bertz CT molecular complexity index is 859. The number of non-ortho nitro benzene ring substituents is 1. The summed E-state index contributed by atoms with van der Waals surface area (Å²) in [5.41, 5.74) is 2.93. The Morgan fingerprint density at radius 2 is 2.17 bits per heavy atom. The fraction of sp³-hybridized carbons (Fsp3) is 0.250. The molecule has 3 aromatic rings. The second-order valence-corrected chi connectivity index (χ2v) is 5.60. The smallest absolute Gasteiger partial charge is 0.278 e. The lowest BCUT2D eigenvalue weighted by atomic mass is 10.1. The fourth-order valence-electron chi connectivity index (χ4n) is 2.67. The molecule has 2 N–H and O–H groups in total. The van der Waals surface area contributed by atoms with Gasteiger partial charge in [-0.25, -0.2) is 0 Å². The van der Waals surface area contributed by atoms with Crippen LogP contribution in [0.3, 0.4) is 0 Å². The van der Waals surface area contributed by atoms with E-state index in [0.29, 0.717) is 5.39 Å². The Morgan fingerprint density at radius 3 is 2.87 bits per heavy atom. The van der Waals surface area contributed by atoms with E-state index < -0.39 is 0 Å². The number of hydrogen-bond donors (Lipinski definition) is 2. The molecule has 0 aliphatic rings. The highest BCUT2D eigenvalue weighted by Gasteiger charge is 2.15. The first-order valence-electron chi connectivity index (χ1n) is 7.33. The number of pyridine rings is 1. The largest absolute Gasteiger partial charge is 0.382 e. The van der Waals surface area contributed by atoms with E-state index in [1.54, 1.807) is 18.3 Å². The van der Waals surface area contributed by atoms with Crippen molar-refractivity contribution in [1.29, 1.82) is 0 Å². The maximum atomic E-state index is 11.1. The summed E-state index contributed by atoms with van der Waals surface area (Å²) in [6.07, 6.45) is 3.92. The zero-order valence-electron chi connectivity index (χ0n) is 12.9. The van der Waals surface area contributed by atoms with Crippen molar-refractivity contribution in [3.63, 3.8) is 0 Å². The highest BCUT2D eigenvalue weighted by atomic mass is 16.6. The highest BCUT2D eigenvalue weighted by Crippen LogP contribution is 2.31. The van der Waals surface area contributed by atoms with Gasteiger partial charge in [0.15, 0.2) is 0 Å². The molecule has 0 spiro atoms. The molecule has 0 amide bonds. The van der Waals surface area contributed by atoms with Gasteiger partial charge in [0.1, 0.15) is 0 Å². The van der Waals surface area contributed by atoms with E-state index in [-0.39, 0.29) is 16.7 Å². The molecule has 0 fully saturated rings. The van der Waals surface area contributed by atoms with Gasteiger partial charge in [-0.2, -0.15) is 5.10 Å². The number of nitrogens with one attached hydrogen (secondary N) is 2. The molecule has 1 atom stereocenters. The SMILES string of the molecule is Cc1cc(CC(C)Nc2ccc([N+](=O)[O-])c3cnccc23)n[nH]1. The molecule has 2 aromatic heterocycles. The second-order valence-electron chi connectivity index (χ2n) is 5.60. The number of rotatable bonds is 5. The van der Waals surface area contributed by atoms with Gasteiger partial charge >= 0.3 is 0 Å². The summed E-state index contributed by atoms with van der Waals surface area (Å²) in [5, 5.41) is 23.0.